The van der Waals surface area contributed by atoms with Crippen LogP contribution < -0.4 is 5.32 Å². The van der Waals surface area contributed by atoms with E-state index >= 15 is 0 Å². The molecule has 0 saturated carbocycles. The van der Waals surface area contributed by atoms with Gasteiger partial charge in [0.25, 0.3) is 0 Å². The van der Waals surface area contributed by atoms with Gasteiger partial charge in [0.1, 0.15) is 0 Å². The summed E-state index contributed by atoms with van der Waals surface area (Å²) in [6, 6.07) is 21.3. The number of rotatable bonds is 5. The van der Waals surface area contributed by atoms with E-state index < -0.39 is 0 Å². The van der Waals surface area contributed by atoms with Crippen LogP contribution >= 0.6 is 0 Å². The molecule has 2 heteroatoms. The van der Waals surface area contributed by atoms with Gasteiger partial charge in [-0.2, -0.15) is 0 Å². The lowest BCUT2D eigenvalue weighted by Gasteiger charge is -2.10. The lowest BCUT2D eigenvalue weighted by molar-refractivity contribution is 0.691. The van der Waals surface area contributed by atoms with Crippen LogP contribution in [0, 0.1) is 6.92 Å². The lowest BCUT2D eigenvalue weighted by Crippen LogP contribution is -2.12. The van der Waals surface area contributed by atoms with Crippen molar-refractivity contribution in [3.05, 3.63) is 89.7 Å². The smallest absolute Gasteiger partial charge is 0.0312 e. The van der Waals surface area contributed by atoms with Crippen molar-refractivity contribution in [2.45, 2.75) is 20.0 Å². The van der Waals surface area contributed by atoms with Crippen molar-refractivity contribution in [3.63, 3.8) is 0 Å². The third-order valence-electron chi connectivity index (χ3n) is 3.77. The van der Waals surface area contributed by atoms with Gasteiger partial charge in [-0.05, 0) is 46.9 Å². The number of hydrogen-bond donors (Lipinski definition) is 1. The van der Waals surface area contributed by atoms with E-state index in [1.807, 2.05) is 12.3 Å². The Balaban J connectivity index is 1.70. The highest BCUT2D eigenvalue weighted by Crippen LogP contribution is 2.24. The lowest BCUT2D eigenvalue weighted by atomic mass is 9.98. The minimum absolute atomic E-state index is 0.836. The normalized spacial score (nSPS) is 10.6. The van der Waals surface area contributed by atoms with Gasteiger partial charge in [-0.1, -0.05) is 48.5 Å². The summed E-state index contributed by atoms with van der Waals surface area (Å²) in [5.74, 6) is 0. The molecule has 110 valence electrons. The van der Waals surface area contributed by atoms with Crippen LogP contribution in [0.15, 0.2) is 73.1 Å². The first-order valence-electron chi connectivity index (χ1n) is 7.57. The maximum atomic E-state index is 4.14. The average molecular weight is 288 g/mol. The molecule has 22 heavy (non-hydrogen) atoms. The van der Waals surface area contributed by atoms with Crippen LogP contribution in [0.25, 0.3) is 11.1 Å². The second kappa shape index (κ2) is 7.01. The minimum Gasteiger partial charge on any atom is -0.309 e. The molecule has 0 radical (unpaired) electrons. The predicted molar refractivity (Wildman–Crippen MR) is 91.4 cm³/mol. The van der Waals surface area contributed by atoms with Crippen LogP contribution in [0.3, 0.4) is 0 Å². The Morgan fingerprint density at radius 2 is 1.68 bits per heavy atom. The Morgan fingerprint density at radius 3 is 2.45 bits per heavy atom. The molecule has 2 aromatic carbocycles. The fourth-order valence-electron chi connectivity index (χ4n) is 2.56. The largest absolute Gasteiger partial charge is 0.309 e. The Kier molecular flexibility index (Phi) is 4.62. The van der Waals surface area contributed by atoms with Crippen molar-refractivity contribution in [2.24, 2.45) is 0 Å². The molecule has 3 rings (SSSR count). The van der Waals surface area contributed by atoms with Crippen LogP contribution in [0.2, 0.25) is 0 Å². The molecule has 0 unspecified atom stereocenters. The van der Waals surface area contributed by atoms with Crippen LogP contribution in [0.1, 0.15) is 16.7 Å². The second-order valence-corrected chi connectivity index (χ2v) is 5.48. The molecule has 1 N–H and O–H groups in total. The monoisotopic (exact) mass is 288 g/mol. The highest BCUT2D eigenvalue weighted by molar-refractivity contribution is 5.67. The first-order chi connectivity index (χ1) is 10.8. The zero-order chi connectivity index (χ0) is 15.2. The molecule has 1 heterocycles. The SMILES string of the molecule is Cc1ccc(CNCc2cccnc2)cc1-c1ccccc1. The van der Waals surface area contributed by atoms with E-state index in [2.05, 4.69) is 71.8 Å². The maximum absolute atomic E-state index is 4.14. The molecule has 0 amide bonds. The molecule has 0 aliphatic carbocycles. The van der Waals surface area contributed by atoms with Crippen LogP contribution in [0.5, 0.6) is 0 Å². The van der Waals surface area contributed by atoms with Crippen molar-refractivity contribution >= 4 is 0 Å². The zero-order valence-electron chi connectivity index (χ0n) is 12.8. The third kappa shape index (κ3) is 3.60. The summed E-state index contributed by atoms with van der Waals surface area (Å²) in [6.45, 7) is 3.85. The molecule has 0 atom stereocenters. The van der Waals surface area contributed by atoms with Gasteiger partial charge in [-0.15, -0.1) is 0 Å². The Labute approximate surface area is 131 Å². The van der Waals surface area contributed by atoms with Gasteiger partial charge in [0.2, 0.25) is 0 Å². The summed E-state index contributed by atoms with van der Waals surface area (Å²) < 4.78 is 0. The van der Waals surface area contributed by atoms with Gasteiger partial charge >= 0.3 is 0 Å². The van der Waals surface area contributed by atoms with E-state index in [-0.39, 0.29) is 0 Å². The van der Waals surface area contributed by atoms with Crippen molar-refractivity contribution in [1.82, 2.24) is 10.3 Å². The molecular formula is C20H20N2. The standard InChI is InChI=1S/C20H20N2/c1-16-9-10-17(12-20(16)19-7-3-2-4-8-19)13-22-15-18-6-5-11-21-14-18/h2-12,14,22H,13,15H2,1H3. The second-order valence-electron chi connectivity index (χ2n) is 5.48. The number of nitrogens with zero attached hydrogens (tertiary/aromatic N) is 1. The van der Waals surface area contributed by atoms with Gasteiger partial charge in [0.05, 0.1) is 0 Å². The average Bonchev–Trinajstić information content (AvgIpc) is 2.58. The number of nitrogens with one attached hydrogen (secondary N) is 1. The molecule has 0 spiro atoms. The molecule has 0 aliphatic heterocycles. The third-order valence-corrected chi connectivity index (χ3v) is 3.77. The summed E-state index contributed by atoms with van der Waals surface area (Å²) in [6.07, 6.45) is 3.70. The van der Waals surface area contributed by atoms with Crippen molar-refractivity contribution in [1.29, 1.82) is 0 Å². The molecule has 0 aliphatic rings. The molecule has 3 aromatic rings. The first kappa shape index (κ1) is 14.5. The number of aryl methyl sites for hydroxylation is 1. The molecule has 1 aromatic heterocycles. The van der Waals surface area contributed by atoms with Gasteiger partial charge in [0.15, 0.2) is 0 Å². The summed E-state index contributed by atoms with van der Waals surface area (Å²) in [5.41, 5.74) is 6.39. The van der Waals surface area contributed by atoms with Gasteiger partial charge < -0.3 is 5.32 Å². The van der Waals surface area contributed by atoms with Gasteiger partial charge in [-0.3, -0.25) is 4.98 Å². The Morgan fingerprint density at radius 1 is 0.864 bits per heavy atom. The van der Waals surface area contributed by atoms with Gasteiger partial charge in [-0.25, -0.2) is 0 Å². The van der Waals surface area contributed by atoms with Crippen molar-refractivity contribution in [3.8, 4) is 11.1 Å². The molecule has 2 nitrogen and oxygen atoms in total. The number of hydrogen-bond acceptors (Lipinski definition) is 2. The van der Waals surface area contributed by atoms with E-state index in [0.717, 1.165) is 13.1 Å². The molecule has 0 bridgehead atoms. The van der Waals surface area contributed by atoms with Crippen LogP contribution in [-0.4, -0.2) is 4.98 Å². The summed E-state index contributed by atoms with van der Waals surface area (Å²) in [5, 5.41) is 3.48. The highest BCUT2D eigenvalue weighted by Gasteiger charge is 2.03. The summed E-state index contributed by atoms with van der Waals surface area (Å²) in [7, 11) is 0. The highest BCUT2D eigenvalue weighted by atomic mass is 14.8. The van der Waals surface area contributed by atoms with E-state index in [1.54, 1.807) is 6.20 Å². The summed E-state index contributed by atoms with van der Waals surface area (Å²) >= 11 is 0. The molecule has 0 fully saturated rings. The Hall–Kier alpha value is -2.45. The number of pyridine rings is 1. The first-order valence-corrected chi connectivity index (χ1v) is 7.57. The Bertz CT molecular complexity index is 721. The number of aromatic nitrogens is 1. The van der Waals surface area contributed by atoms with E-state index in [0.29, 0.717) is 0 Å². The van der Waals surface area contributed by atoms with Gasteiger partial charge in [0, 0.05) is 25.5 Å². The summed E-state index contributed by atoms with van der Waals surface area (Å²) in [4.78, 5) is 4.14. The maximum Gasteiger partial charge on any atom is 0.0312 e. The molecular weight excluding hydrogens is 268 g/mol. The van der Waals surface area contributed by atoms with Crippen LogP contribution in [0.4, 0.5) is 0 Å². The number of benzene rings is 2. The fraction of sp³-hybridized carbons (Fsp3) is 0.150. The molecule has 0 saturated heterocycles. The topological polar surface area (TPSA) is 24.9 Å². The fourth-order valence-corrected chi connectivity index (χ4v) is 2.56. The van der Waals surface area contributed by atoms with E-state index in [9.17, 15) is 0 Å². The quantitative estimate of drug-likeness (QED) is 0.755. The van der Waals surface area contributed by atoms with Crippen LogP contribution in [-0.2, 0) is 13.1 Å². The predicted octanol–water partition coefficient (Wildman–Crippen LogP) is 4.35. The van der Waals surface area contributed by atoms with Crippen molar-refractivity contribution < 1.29 is 0 Å². The zero-order valence-corrected chi connectivity index (χ0v) is 12.8. The van der Waals surface area contributed by atoms with E-state index in [1.165, 1.54) is 27.8 Å². The minimum atomic E-state index is 0.836. The van der Waals surface area contributed by atoms with E-state index in [4.69, 9.17) is 0 Å². The van der Waals surface area contributed by atoms with Crippen molar-refractivity contribution in [2.75, 3.05) is 0 Å².